The summed E-state index contributed by atoms with van der Waals surface area (Å²) in [6.45, 7) is 3.91. The average Bonchev–Trinajstić information content (AvgIpc) is 3.08. The number of anilines is 2. The summed E-state index contributed by atoms with van der Waals surface area (Å²) in [5.41, 5.74) is 5.81. The van der Waals surface area contributed by atoms with Crippen LogP contribution in [0.4, 0.5) is 11.9 Å². The predicted molar refractivity (Wildman–Crippen MR) is 107 cm³/mol. The van der Waals surface area contributed by atoms with E-state index < -0.39 is 10.0 Å². The Balaban J connectivity index is 1.70. The lowest BCUT2D eigenvalue weighted by Crippen LogP contribution is -2.49. The standard InChI is InChI=1S/C15H22ClN7O2S2/c1-10(13-18-14(17)20-15(19-13)21(2)3)22-6-8-23(9-7-22)27(24,25)12-5-4-11(16)26-12/h4-5,10H,6-9H2,1-3H3,(H2,17,18,19,20)/t10-/m1/s1. The molecule has 0 aromatic carbocycles. The summed E-state index contributed by atoms with van der Waals surface area (Å²) < 4.78 is 27.7. The Hall–Kier alpha value is -1.53. The number of nitrogens with two attached hydrogens (primary N) is 1. The molecule has 0 bridgehead atoms. The van der Waals surface area contributed by atoms with Crippen LogP contribution in [0.15, 0.2) is 16.3 Å². The fourth-order valence-corrected chi connectivity index (χ4v) is 5.90. The minimum absolute atomic E-state index is 0.102. The molecule has 9 nitrogen and oxygen atoms in total. The fraction of sp³-hybridized carbons (Fsp3) is 0.533. The molecule has 3 heterocycles. The minimum atomic E-state index is -3.51. The molecule has 1 aliphatic heterocycles. The molecule has 0 radical (unpaired) electrons. The molecule has 27 heavy (non-hydrogen) atoms. The van der Waals surface area contributed by atoms with Crippen LogP contribution in [0, 0.1) is 0 Å². The SMILES string of the molecule is C[C@H](c1nc(N)nc(N(C)C)n1)N1CCN(S(=O)(=O)c2ccc(Cl)s2)CC1. The third-order valence-corrected chi connectivity index (χ3v) is 7.99. The lowest BCUT2D eigenvalue weighted by Gasteiger charge is -2.36. The Morgan fingerprint density at radius 3 is 2.41 bits per heavy atom. The van der Waals surface area contributed by atoms with Gasteiger partial charge in [-0.15, -0.1) is 11.3 Å². The van der Waals surface area contributed by atoms with Gasteiger partial charge in [-0.3, -0.25) is 4.90 Å². The molecule has 0 aliphatic carbocycles. The maximum Gasteiger partial charge on any atom is 0.252 e. The summed E-state index contributed by atoms with van der Waals surface area (Å²) in [7, 11) is 0.167. The van der Waals surface area contributed by atoms with Crippen molar-refractivity contribution in [2.75, 3.05) is 50.9 Å². The summed E-state index contributed by atoms with van der Waals surface area (Å²) in [6, 6.07) is 3.05. The predicted octanol–water partition coefficient (Wildman–Crippen LogP) is 1.30. The van der Waals surface area contributed by atoms with E-state index in [1.165, 1.54) is 4.31 Å². The number of hydrogen-bond acceptors (Lipinski definition) is 9. The lowest BCUT2D eigenvalue weighted by atomic mass is 10.2. The Morgan fingerprint density at radius 2 is 1.85 bits per heavy atom. The Morgan fingerprint density at radius 1 is 1.19 bits per heavy atom. The molecule has 1 aliphatic rings. The van der Waals surface area contributed by atoms with E-state index in [1.54, 1.807) is 17.0 Å². The molecule has 1 atom stereocenters. The smallest absolute Gasteiger partial charge is 0.252 e. The van der Waals surface area contributed by atoms with Crippen molar-refractivity contribution in [2.45, 2.75) is 17.2 Å². The van der Waals surface area contributed by atoms with Gasteiger partial charge < -0.3 is 10.6 Å². The maximum atomic E-state index is 12.7. The Labute approximate surface area is 167 Å². The van der Waals surface area contributed by atoms with Crippen molar-refractivity contribution in [1.29, 1.82) is 0 Å². The van der Waals surface area contributed by atoms with Crippen molar-refractivity contribution >= 4 is 44.9 Å². The molecule has 148 valence electrons. The summed E-state index contributed by atoms with van der Waals surface area (Å²) in [5.74, 6) is 1.25. The van der Waals surface area contributed by atoms with E-state index in [1.807, 2.05) is 21.0 Å². The Kier molecular flexibility index (Phi) is 5.87. The molecule has 0 spiro atoms. The van der Waals surface area contributed by atoms with Crippen molar-refractivity contribution in [2.24, 2.45) is 0 Å². The number of sulfonamides is 1. The first kappa shape index (κ1) is 20.2. The van der Waals surface area contributed by atoms with Crippen LogP contribution < -0.4 is 10.6 Å². The molecule has 3 rings (SSSR count). The van der Waals surface area contributed by atoms with Crippen molar-refractivity contribution in [1.82, 2.24) is 24.2 Å². The highest BCUT2D eigenvalue weighted by atomic mass is 35.5. The van der Waals surface area contributed by atoms with Crippen LogP contribution in [0.3, 0.4) is 0 Å². The van der Waals surface area contributed by atoms with Gasteiger partial charge in [0.15, 0.2) is 5.82 Å². The van der Waals surface area contributed by atoms with E-state index in [9.17, 15) is 8.42 Å². The first-order chi connectivity index (χ1) is 12.7. The molecular formula is C15H22ClN7O2S2. The first-order valence-corrected chi connectivity index (χ1v) is 11.0. The van der Waals surface area contributed by atoms with Crippen molar-refractivity contribution in [3.63, 3.8) is 0 Å². The molecule has 1 saturated heterocycles. The van der Waals surface area contributed by atoms with Gasteiger partial charge in [0.05, 0.1) is 10.4 Å². The van der Waals surface area contributed by atoms with Crippen LogP contribution in [-0.4, -0.2) is 72.8 Å². The monoisotopic (exact) mass is 431 g/mol. The van der Waals surface area contributed by atoms with Crippen LogP contribution >= 0.6 is 22.9 Å². The zero-order valence-electron chi connectivity index (χ0n) is 15.3. The van der Waals surface area contributed by atoms with Crippen molar-refractivity contribution in [3.8, 4) is 0 Å². The average molecular weight is 432 g/mol. The largest absolute Gasteiger partial charge is 0.368 e. The molecule has 0 saturated carbocycles. The number of aromatic nitrogens is 3. The summed E-state index contributed by atoms with van der Waals surface area (Å²) in [6.07, 6.45) is 0. The van der Waals surface area contributed by atoms with Gasteiger partial charge in [0.25, 0.3) is 10.0 Å². The number of rotatable bonds is 5. The van der Waals surface area contributed by atoms with Gasteiger partial charge in [-0.2, -0.15) is 19.3 Å². The number of thiophene rings is 1. The Bertz CT molecular complexity index is 911. The van der Waals surface area contributed by atoms with Crippen LogP contribution in [0.1, 0.15) is 18.8 Å². The zero-order chi connectivity index (χ0) is 19.8. The fourth-order valence-electron chi connectivity index (χ4n) is 2.84. The van der Waals surface area contributed by atoms with Gasteiger partial charge in [0.2, 0.25) is 11.9 Å². The van der Waals surface area contributed by atoms with E-state index in [0.717, 1.165) is 11.3 Å². The van der Waals surface area contributed by atoms with Crippen molar-refractivity contribution in [3.05, 3.63) is 22.3 Å². The quantitative estimate of drug-likeness (QED) is 0.754. The molecule has 0 unspecified atom stereocenters. The second kappa shape index (κ2) is 7.84. The van der Waals surface area contributed by atoms with Gasteiger partial charge in [0.1, 0.15) is 4.21 Å². The van der Waals surface area contributed by atoms with Crippen LogP contribution in [0.25, 0.3) is 0 Å². The highest BCUT2D eigenvalue weighted by Gasteiger charge is 2.32. The summed E-state index contributed by atoms with van der Waals surface area (Å²) in [4.78, 5) is 16.7. The van der Waals surface area contributed by atoms with E-state index in [-0.39, 0.29) is 16.2 Å². The molecule has 12 heteroatoms. The third-order valence-electron chi connectivity index (χ3n) is 4.40. The van der Waals surface area contributed by atoms with E-state index in [4.69, 9.17) is 17.3 Å². The number of piperazine rings is 1. The first-order valence-electron chi connectivity index (χ1n) is 8.37. The normalized spacial score (nSPS) is 17.8. The van der Waals surface area contributed by atoms with Gasteiger partial charge in [-0.1, -0.05) is 11.6 Å². The summed E-state index contributed by atoms with van der Waals surface area (Å²) >= 11 is 6.96. The summed E-state index contributed by atoms with van der Waals surface area (Å²) in [5, 5.41) is 0. The molecule has 2 aromatic heterocycles. The van der Waals surface area contributed by atoms with Crippen LogP contribution in [-0.2, 0) is 10.0 Å². The van der Waals surface area contributed by atoms with Gasteiger partial charge in [-0.05, 0) is 19.1 Å². The van der Waals surface area contributed by atoms with Crippen LogP contribution in [0.2, 0.25) is 4.34 Å². The van der Waals surface area contributed by atoms with E-state index in [2.05, 4.69) is 19.9 Å². The second-order valence-corrected chi connectivity index (χ2v) is 10.3. The van der Waals surface area contributed by atoms with Crippen LogP contribution in [0.5, 0.6) is 0 Å². The number of halogens is 1. The molecular weight excluding hydrogens is 410 g/mol. The number of hydrogen-bond donors (Lipinski definition) is 1. The molecule has 2 N–H and O–H groups in total. The highest BCUT2D eigenvalue weighted by Crippen LogP contribution is 2.29. The topological polar surface area (TPSA) is 109 Å². The second-order valence-electron chi connectivity index (χ2n) is 6.42. The molecule has 1 fully saturated rings. The van der Waals surface area contributed by atoms with Gasteiger partial charge in [-0.25, -0.2) is 8.42 Å². The van der Waals surface area contributed by atoms with Gasteiger partial charge in [0, 0.05) is 40.3 Å². The third kappa shape index (κ3) is 4.32. The zero-order valence-corrected chi connectivity index (χ0v) is 17.7. The van der Waals surface area contributed by atoms with E-state index >= 15 is 0 Å². The number of nitrogen functional groups attached to an aromatic ring is 1. The number of nitrogens with zero attached hydrogens (tertiary/aromatic N) is 6. The molecule has 0 amide bonds. The lowest BCUT2D eigenvalue weighted by molar-refractivity contribution is 0.141. The highest BCUT2D eigenvalue weighted by molar-refractivity contribution is 7.91. The minimum Gasteiger partial charge on any atom is -0.368 e. The van der Waals surface area contributed by atoms with Gasteiger partial charge >= 0.3 is 0 Å². The maximum absolute atomic E-state index is 12.7. The molecule has 2 aromatic rings. The van der Waals surface area contributed by atoms with Crippen molar-refractivity contribution < 1.29 is 8.42 Å². The van der Waals surface area contributed by atoms with E-state index in [0.29, 0.717) is 42.3 Å².